The van der Waals surface area contributed by atoms with Gasteiger partial charge in [-0.2, -0.15) is 8.78 Å². The topological polar surface area (TPSA) is 206 Å². The van der Waals surface area contributed by atoms with Crippen molar-refractivity contribution >= 4 is 23.6 Å². The van der Waals surface area contributed by atoms with E-state index in [1.165, 1.54) is 13.1 Å². The zero-order chi connectivity index (χ0) is 22.5. The number of aromatic amines is 1. The van der Waals surface area contributed by atoms with Crippen molar-refractivity contribution in [3.63, 3.8) is 0 Å². The molecule has 2 unspecified atom stereocenters. The third-order valence-corrected chi connectivity index (χ3v) is 11.0. The summed E-state index contributed by atoms with van der Waals surface area (Å²) in [6.07, 6.45) is -1.71. The average molecular weight is 491 g/mol. The molecule has 0 radical (unpaired) electrons. The highest BCUT2D eigenvalue weighted by Crippen LogP contribution is 2.86. The predicted octanol–water partition coefficient (Wildman–Crippen LogP) is 2.09. The highest BCUT2D eigenvalue weighted by Gasteiger charge is 2.71. The highest BCUT2D eigenvalue weighted by molar-refractivity contribution is 7.82. The SMILES string of the molecule is Cc1cn([C@H]2C[C@H](N=[N+]=[N-])[C@@H](CP3OP(=O)(O)C(F)(F)P(=O)(O)O3)O2)c(=O)[nH]c1=O. The van der Waals surface area contributed by atoms with Crippen molar-refractivity contribution in [3.8, 4) is 0 Å². The molecule has 1 aromatic rings. The Bertz CT molecular complexity index is 1090. The number of azide groups is 1. The maximum Gasteiger partial charge on any atom is 0.444 e. The summed E-state index contributed by atoms with van der Waals surface area (Å²) in [4.78, 5) is 46.9. The first-order chi connectivity index (χ1) is 13.8. The molecule has 14 nitrogen and oxygen atoms in total. The number of aromatic nitrogens is 2. The van der Waals surface area contributed by atoms with E-state index in [1.807, 2.05) is 0 Å². The fraction of sp³-hybridized carbons (Fsp3) is 0.636. The van der Waals surface area contributed by atoms with Crippen molar-refractivity contribution in [1.29, 1.82) is 0 Å². The van der Waals surface area contributed by atoms with Crippen LogP contribution in [-0.4, -0.2) is 43.1 Å². The number of halogens is 2. The summed E-state index contributed by atoms with van der Waals surface area (Å²) < 4.78 is 65.9. The Labute approximate surface area is 166 Å². The molecule has 2 aliphatic heterocycles. The van der Waals surface area contributed by atoms with Crippen LogP contribution in [0.3, 0.4) is 0 Å². The van der Waals surface area contributed by atoms with Crippen molar-refractivity contribution in [1.82, 2.24) is 9.55 Å². The fourth-order valence-electron chi connectivity index (χ4n) is 2.77. The Morgan fingerprint density at radius 3 is 2.57 bits per heavy atom. The number of ether oxygens (including phenoxy) is 1. The Kier molecular flexibility index (Phi) is 6.11. The molecule has 0 bridgehead atoms. The molecular formula is C11H14F2N5O9P3. The standard InChI is InChI=1S/C11H14F2N5O9P3/c1-5-3-18(10(20)15-9(5)19)8-2-6(16-17-14)7(25-8)4-28-26-29(21,22)11(12,13)30(23,24)27-28/h3,6-8H,2,4H2,1H3,(H,21,22)(H,23,24)(H,15,19,20)/t6-,7+,8+/m0/s1. The lowest BCUT2D eigenvalue weighted by Crippen LogP contribution is -2.33. The molecule has 166 valence electrons. The van der Waals surface area contributed by atoms with Gasteiger partial charge >= 0.3 is 26.3 Å². The third-order valence-electron chi connectivity index (χ3n) is 4.27. The Hall–Kier alpha value is -1.46. The predicted molar refractivity (Wildman–Crippen MR) is 96.1 cm³/mol. The average Bonchev–Trinajstić information content (AvgIpc) is 2.98. The maximum absolute atomic E-state index is 13.6. The molecule has 2 saturated heterocycles. The van der Waals surface area contributed by atoms with Crippen LogP contribution in [0.25, 0.3) is 10.4 Å². The van der Waals surface area contributed by atoms with Crippen LogP contribution in [0.2, 0.25) is 0 Å². The summed E-state index contributed by atoms with van der Waals surface area (Å²) in [6, 6.07) is -1.01. The van der Waals surface area contributed by atoms with Gasteiger partial charge in [-0.25, -0.2) is 4.79 Å². The van der Waals surface area contributed by atoms with E-state index in [4.69, 9.17) is 10.3 Å². The van der Waals surface area contributed by atoms with Crippen LogP contribution in [0, 0.1) is 6.92 Å². The second-order valence-electron chi connectivity index (χ2n) is 6.34. The lowest BCUT2D eigenvalue weighted by molar-refractivity contribution is 0.00624. The fourth-order valence-corrected chi connectivity index (χ4v) is 9.01. The second-order valence-corrected chi connectivity index (χ2v) is 12.2. The Morgan fingerprint density at radius 2 is 2.00 bits per heavy atom. The Balaban J connectivity index is 1.85. The summed E-state index contributed by atoms with van der Waals surface area (Å²) in [6.45, 7) is 1.43. The number of alkyl halides is 2. The van der Waals surface area contributed by atoms with Gasteiger partial charge in [0.1, 0.15) is 6.23 Å². The minimum Gasteiger partial charge on any atom is -0.354 e. The van der Waals surface area contributed by atoms with E-state index < -0.39 is 64.8 Å². The van der Waals surface area contributed by atoms with Crippen molar-refractivity contribution < 1.29 is 41.1 Å². The number of nitrogens with one attached hydrogen (secondary N) is 1. The van der Waals surface area contributed by atoms with E-state index in [1.54, 1.807) is 0 Å². The van der Waals surface area contributed by atoms with E-state index in [0.29, 0.717) is 0 Å². The van der Waals surface area contributed by atoms with E-state index in [2.05, 4.69) is 23.6 Å². The van der Waals surface area contributed by atoms with Gasteiger partial charge in [-0.3, -0.25) is 32.1 Å². The van der Waals surface area contributed by atoms with Crippen molar-refractivity contribution in [3.05, 3.63) is 43.0 Å². The van der Waals surface area contributed by atoms with Gasteiger partial charge in [-0.1, -0.05) is 5.11 Å². The van der Waals surface area contributed by atoms with E-state index >= 15 is 0 Å². The van der Waals surface area contributed by atoms with E-state index in [-0.39, 0.29) is 12.0 Å². The van der Waals surface area contributed by atoms with Crippen LogP contribution in [0.15, 0.2) is 20.9 Å². The molecule has 3 heterocycles. The molecular weight excluding hydrogens is 477 g/mol. The van der Waals surface area contributed by atoms with Crippen molar-refractivity contribution in [2.75, 3.05) is 6.16 Å². The molecule has 2 aliphatic rings. The second kappa shape index (κ2) is 7.90. The number of aryl methyl sites for hydroxylation is 1. The molecule has 0 aliphatic carbocycles. The molecule has 0 saturated carbocycles. The number of hydrogen-bond donors (Lipinski definition) is 3. The zero-order valence-electron chi connectivity index (χ0n) is 14.9. The van der Waals surface area contributed by atoms with Gasteiger partial charge in [0.2, 0.25) is 0 Å². The minimum absolute atomic E-state index is 0.0903. The molecule has 0 aromatic carbocycles. The van der Waals surface area contributed by atoms with Gasteiger partial charge in [0.25, 0.3) is 5.56 Å². The van der Waals surface area contributed by atoms with Gasteiger partial charge in [-0.15, -0.1) is 0 Å². The van der Waals surface area contributed by atoms with Crippen LogP contribution in [0.1, 0.15) is 18.2 Å². The smallest absolute Gasteiger partial charge is 0.354 e. The van der Waals surface area contributed by atoms with Gasteiger partial charge in [-0.05, 0) is 12.5 Å². The molecule has 19 heteroatoms. The van der Waals surface area contributed by atoms with Gasteiger partial charge in [0.15, 0.2) is 8.38 Å². The number of H-pyrrole nitrogens is 1. The summed E-state index contributed by atoms with van der Waals surface area (Å²) in [5.74, 6) is 0. The molecule has 30 heavy (non-hydrogen) atoms. The quantitative estimate of drug-likeness (QED) is 0.244. The lowest BCUT2D eigenvalue weighted by atomic mass is 10.1. The van der Waals surface area contributed by atoms with Crippen LogP contribution in [0.5, 0.6) is 0 Å². The van der Waals surface area contributed by atoms with Crippen LogP contribution < -0.4 is 11.2 Å². The van der Waals surface area contributed by atoms with E-state index in [0.717, 1.165) is 4.57 Å². The zero-order valence-corrected chi connectivity index (χ0v) is 17.5. The molecule has 1 aromatic heterocycles. The van der Waals surface area contributed by atoms with Gasteiger partial charge in [0.05, 0.1) is 12.1 Å². The minimum atomic E-state index is -5.85. The van der Waals surface area contributed by atoms with Crippen LogP contribution in [0.4, 0.5) is 8.78 Å². The third kappa shape index (κ3) is 4.03. The summed E-state index contributed by atoms with van der Waals surface area (Å²) in [5.41, 5.74) is 7.46. The normalized spacial score (nSPS) is 38.2. The largest absolute Gasteiger partial charge is 0.444 e. The summed E-state index contributed by atoms with van der Waals surface area (Å²) in [5, 5.41) is -1.54. The Morgan fingerprint density at radius 1 is 1.40 bits per heavy atom. The van der Waals surface area contributed by atoms with Gasteiger partial charge in [0, 0.05) is 29.3 Å². The number of hydrogen-bond acceptors (Lipinski definition) is 8. The summed E-state index contributed by atoms with van der Waals surface area (Å²) in [7, 11) is -14.5. The van der Waals surface area contributed by atoms with Crippen LogP contribution >= 0.6 is 23.6 Å². The molecule has 2 fully saturated rings. The van der Waals surface area contributed by atoms with Crippen LogP contribution in [-0.2, 0) is 22.5 Å². The molecule has 3 N–H and O–H groups in total. The lowest BCUT2D eigenvalue weighted by Gasteiger charge is -2.35. The maximum atomic E-state index is 13.6. The number of rotatable bonds is 4. The first-order valence-corrected chi connectivity index (χ1v) is 12.5. The number of nitrogens with zero attached hydrogens (tertiary/aromatic N) is 4. The van der Waals surface area contributed by atoms with Crippen molar-refractivity contribution in [2.45, 2.75) is 37.1 Å². The van der Waals surface area contributed by atoms with Crippen molar-refractivity contribution in [2.24, 2.45) is 5.11 Å². The highest BCUT2D eigenvalue weighted by atomic mass is 31.3. The molecule has 0 spiro atoms. The first-order valence-electron chi connectivity index (χ1n) is 8.01. The molecule has 0 amide bonds. The molecule has 3 rings (SSSR count). The molecule has 5 atom stereocenters. The van der Waals surface area contributed by atoms with E-state index in [9.17, 15) is 37.3 Å². The monoisotopic (exact) mass is 491 g/mol. The summed E-state index contributed by atoms with van der Waals surface area (Å²) >= 11 is 0. The first kappa shape index (κ1) is 23.2. The van der Waals surface area contributed by atoms with Gasteiger partial charge < -0.3 is 14.5 Å².